The maximum absolute atomic E-state index is 13.0. The van der Waals surface area contributed by atoms with Gasteiger partial charge in [-0.15, -0.1) is 17.7 Å². The number of aryl methyl sites for hydroxylation is 1. The van der Waals surface area contributed by atoms with E-state index in [1.807, 2.05) is 26.8 Å². The van der Waals surface area contributed by atoms with Gasteiger partial charge < -0.3 is 4.90 Å². The van der Waals surface area contributed by atoms with Gasteiger partial charge in [-0.25, -0.2) is 0 Å². The molecule has 0 aliphatic carbocycles. The van der Waals surface area contributed by atoms with Crippen LogP contribution in [0, 0.1) is 0 Å². The van der Waals surface area contributed by atoms with Gasteiger partial charge in [-0.2, -0.15) is 22.8 Å². The molecule has 0 saturated carbocycles. The number of thiol groups is 1. The Morgan fingerprint density at radius 2 is 1.88 bits per heavy atom. The van der Waals surface area contributed by atoms with E-state index in [-0.39, 0.29) is 11.9 Å². The Hall–Kier alpha value is -1.70. The van der Waals surface area contributed by atoms with Crippen molar-refractivity contribution in [2.24, 2.45) is 0 Å². The van der Waals surface area contributed by atoms with Crippen LogP contribution in [0.15, 0.2) is 17.0 Å². The number of rotatable bonds is 4. The Balaban J connectivity index is 2.75. The van der Waals surface area contributed by atoms with E-state index in [2.05, 4.69) is 22.7 Å². The highest BCUT2D eigenvalue weighted by Crippen LogP contribution is 2.33. The zero-order valence-electron chi connectivity index (χ0n) is 14.3. The van der Waals surface area contributed by atoms with Crippen LogP contribution in [-0.4, -0.2) is 28.9 Å². The molecule has 1 heterocycles. The van der Waals surface area contributed by atoms with Crippen molar-refractivity contribution in [3.05, 3.63) is 29.1 Å². The van der Waals surface area contributed by atoms with Gasteiger partial charge in [0.1, 0.15) is 0 Å². The second kappa shape index (κ2) is 6.66. The van der Waals surface area contributed by atoms with Crippen LogP contribution < -0.4 is 4.90 Å². The molecule has 0 spiro atoms. The van der Waals surface area contributed by atoms with Crippen LogP contribution >= 0.6 is 12.6 Å². The van der Waals surface area contributed by atoms with Gasteiger partial charge in [0.25, 0.3) is 5.82 Å². The van der Waals surface area contributed by atoms with Crippen LogP contribution in [0.1, 0.15) is 43.6 Å². The Morgan fingerprint density at radius 1 is 1.25 bits per heavy atom. The van der Waals surface area contributed by atoms with Crippen molar-refractivity contribution in [2.75, 3.05) is 19.0 Å². The quantitative estimate of drug-likeness (QED) is 0.826. The lowest BCUT2D eigenvalue weighted by atomic mass is 9.97. The molecule has 0 aliphatic rings. The summed E-state index contributed by atoms with van der Waals surface area (Å²) >= 11 is 4.47. The first-order valence-corrected chi connectivity index (χ1v) is 8.08. The van der Waals surface area contributed by atoms with E-state index >= 15 is 0 Å². The van der Waals surface area contributed by atoms with Crippen molar-refractivity contribution in [3.8, 4) is 5.69 Å². The zero-order valence-corrected chi connectivity index (χ0v) is 15.2. The summed E-state index contributed by atoms with van der Waals surface area (Å²) in [5, 5.41) is 3.72. The van der Waals surface area contributed by atoms with Gasteiger partial charge in [-0.05, 0) is 29.5 Å². The summed E-state index contributed by atoms with van der Waals surface area (Å²) in [6.07, 6.45) is -3.80. The van der Waals surface area contributed by atoms with Crippen LogP contribution in [0.2, 0.25) is 0 Å². The average Bonchev–Trinajstić information content (AvgIpc) is 2.91. The first kappa shape index (κ1) is 18.6. The third-order valence-electron chi connectivity index (χ3n) is 3.70. The van der Waals surface area contributed by atoms with E-state index in [1.54, 1.807) is 20.2 Å². The largest absolute Gasteiger partial charge is 0.453 e. The summed E-state index contributed by atoms with van der Waals surface area (Å²) in [5.74, 6) is -0.907. The number of benzene rings is 1. The summed E-state index contributed by atoms with van der Waals surface area (Å²) in [6, 6.07) is 3.75. The highest BCUT2D eigenvalue weighted by atomic mass is 32.1. The number of aromatic nitrogens is 3. The van der Waals surface area contributed by atoms with E-state index in [1.165, 1.54) is 9.58 Å². The molecule has 24 heavy (non-hydrogen) atoms. The van der Waals surface area contributed by atoms with Gasteiger partial charge in [0.15, 0.2) is 0 Å². The van der Waals surface area contributed by atoms with E-state index in [4.69, 9.17) is 0 Å². The van der Waals surface area contributed by atoms with Crippen molar-refractivity contribution in [2.45, 2.75) is 44.2 Å². The summed E-state index contributed by atoms with van der Waals surface area (Å²) < 4.78 is 40.4. The molecular formula is C16H21F3N4S. The maximum Gasteiger partial charge on any atom is 0.453 e. The molecule has 0 fully saturated rings. The molecule has 0 N–H and O–H groups in total. The second-order valence-corrected chi connectivity index (χ2v) is 6.57. The molecule has 1 aromatic carbocycles. The predicted molar refractivity (Wildman–Crippen MR) is 91.4 cm³/mol. The van der Waals surface area contributed by atoms with Gasteiger partial charge in [-0.1, -0.05) is 26.8 Å². The Morgan fingerprint density at radius 3 is 2.33 bits per heavy atom. The third-order valence-corrected chi connectivity index (χ3v) is 4.12. The minimum Gasteiger partial charge on any atom is -0.347 e. The van der Waals surface area contributed by atoms with E-state index in [0.717, 1.165) is 22.4 Å². The van der Waals surface area contributed by atoms with Crippen LogP contribution in [-0.2, 0) is 12.6 Å². The van der Waals surface area contributed by atoms with Crippen LogP contribution in [0.5, 0.6) is 0 Å². The fourth-order valence-electron chi connectivity index (χ4n) is 2.45. The predicted octanol–water partition coefficient (Wildman–Crippen LogP) is 4.33. The molecule has 4 nitrogen and oxygen atoms in total. The molecule has 0 saturated heterocycles. The van der Waals surface area contributed by atoms with Crippen LogP contribution in [0.25, 0.3) is 5.69 Å². The third kappa shape index (κ3) is 3.53. The lowest BCUT2D eigenvalue weighted by Crippen LogP contribution is -2.16. The van der Waals surface area contributed by atoms with E-state index in [0.29, 0.717) is 5.69 Å². The number of nitrogens with zero attached hydrogens (tertiary/aromatic N) is 4. The fourth-order valence-corrected chi connectivity index (χ4v) is 2.79. The summed E-state index contributed by atoms with van der Waals surface area (Å²) in [7, 11) is 3.27. The lowest BCUT2D eigenvalue weighted by molar-refractivity contribution is -0.144. The average molecular weight is 358 g/mol. The summed E-state index contributed by atoms with van der Waals surface area (Å²) in [5.41, 5.74) is 2.53. The highest BCUT2D eigenvalue weighted by molar-refractivity contribution is 7.80. The number of hydrogen-bond donors (Lipinski definition) is 1. The van der Waals surface area contributed by atoms with Gasteiger partial charge in [-0.3, -0.25) is 0 Å². The molecule has 0 radical (unpaired) electrons. The Bertz CT molecular complexity index is 736. The maximum atomic E-state index is 13.0. The molecule has 0 aliphatic heterocycles. The minimum atomic E-state index is -4.60. The Kier molecular flexibility index (Phi) is 5.17. The molecule has 2 rings (SSSR count). The second-order valence-electron chi connectivity index (χ2n) is 6.09. The standard InChI is InChI=1S/C16H21F3N4S/c1-6-10-7-11(9(2)3)12(8-13(10)24)23-15(22(4)5)20-14(21-23)16(17,18)19/h7-9,24H,6H2,1-5H3. The van der Waals surface area contributed by atoms with Crippen molar-refractivity contribution < 1.29 is 13.2 Å². The fraction of sp³-hybridized carbons (Fsp3) is 0.500. The summed E-state index contributed by atoms with van der Waals surface area (Å²) in [6.45, 7) is 6.00. The smallest absolute Gasteiger partial charge is 0.347 e. The van der Waals surface area contributed by atoms with E-state index < -0.39 is 12.0 Å². The first-order valence-electron chi connectivity index (χ1n) is 7.64. The monoisotopic (exact) mass is 358 g/mol. The molecule has 0 atom stereocenters. The lowest BCUT2D eigenvalue weighted by Gasteiger charge is -2.19. The topological polar surface area (TPSA) is 34.0 Å². The first-order chi connectivity index (χ1) is 11.1. The van der Waals surface area contributed by atoms with Crippen molar-refractivity contribution in [1.82, 2.24) is 14.8 Å². The molecule has 1 aromatic heterocycles. The van der Waals surface area contributed by atoms with Crippen LogP contribution in [0.3, 0.4) is 0 Å². The normalized spacial score (nSPS) is 12.1. The van der Waals surface area contributed by atoms with Gasteiger partial charge in [0.05, 0.1) is 5.69 Å². The van der Waals surface area contributed by atoms with Gasteiger partial charge >= 0.3 is 6.18 Å². The van der Waals surface area contributed by atoms with Gasteiger partial charge in [0, 0.05) is 19.0 Å². The van der Waals surface area contributed by atoms with Gasteiger partial charge in [0.2, 0.25) is 5.95 Å². The SMILES string of the molecule is CCc1cc(C(C)C)c(-n2nc(C(F)(F)F)nc2N(C)C)cc1S. The molecule has 0 bridgehead atoms. The highest BCUT2D eigenvalue weighted by Gasteiger charge is 2.38. The number of hydrogen-bond acceptors (Lipinski definition) is 4. The van der Waals surface area contributed by atoms with E-state index in [9.17, 15) is 13.2 Å². The molecule has 132 valence electrons. The molecule has 8 heteroatoms. The summed E-state index contributed by atoms with van der Waals surface area (Å²) in [4.78, 5) is 5.90. The molecular weight excluding hydrogens is 337 g/mol. The minimum absolute atomic E-state index is 0.118. The number of halogens is 3. The molecule has 2 aromatic rings. The number of anilines is 1. The number of alkyl halides is 3. The molecule has 0 amide bonds. The van der Waals surface area contributed by atoms with Crippen molar-refractivity contribution in [3.63, 3.8) is 0 Å². The Labute approximate surface area is 145 Å². The molecule has 0 unspecified atom stereocenters. The van der Waals surface area contributed by atoms with Crippen molar-refractivity contribution in [1.29, 1.82) is 0 Å². The zero-order chi connectivity index (χ0) is 18.2. The van der Waals surface area contributed by atoms with Crippen molar-refractivity contribution >= 4 is 18.6 Å². The van der Waals surface area contributed by atoms with Crippen LogP contribution in [0.4, 0.5) is 19.1 Å².